The second-order valence-corrected chi connectivity index (χ2v) is 8.97. The van der Waals surface area contributed by atoms with E-state index in [0.717, 1.165) is 54.7 Å². The topological polar surface area (TPSA) is 78.8 Å². The third-order valence-corrected chi connectivity index (χ3v) is 7.01. The van der Waals surface area contributed by atoms with E-state index < -0.39 is 5.97 Å². The van der Waals surface area contributed by atoms with Crippen LogP contribution in [0.1, 0.15) is 81.7 Å². The summed E-state index contributed by atoms with van der Waals surface area (Å²) < 4.78 is 0. The molecule has 29 heavy (non-hydrogen) atoms. The highest BCUT2D eigenvalue weighted by Crippen LogP contribution is 2.40. The molecule has 2 N–H and O–H groups in total. The van der Waals surface area contributed by atoms with Crippen LogP contribution in [0.25, 0.3) is 0 Å². The number of nitrogens with zero attached hydrogens (tertiary/aromatic N) is 1. The van der Waals surface area contributed by atoms with Gasteiger partial charge in [-0.1, -0.05) is 31.4 Å². The monoisotopic (exact) mass is 410 g/mol. The van der Waals surface area contributed by atoms with Crippen molar-refractivity contribution in [2.45, 2.75) is 63.8 Å². The van der Waals surface area contributed by atoms with Gasteiger partial charge in [0.05, 0.1) is 11.1 Å². The minimum absolute atomic E-state index is 0.0182. The predicted octanol–water partition coefficient (Wildman–Crippen LogP) is 5.14. The van der Waals surface area contributed by atoms with Gasteiger partial charge < -0.3 is 10.4 Å². The number of thiophene rings is 1. The van der Waals surface area contributed by atoms with Gasteiger partial charge in [-0.3, -0.25) is 4.79 Å². The molecule has 0 aliphatic heterocycles. The van der Waals surface area contributed by atoms with Crippen molar-refractivity contribution in [2.75, 3.05) is 0 Å². The normalized spacial score (nSPS) is 17.2. The Bertz CT molecular complexity index is 924. The van der Waals surface area contributed by atoms with Crippen molar-refractivity contribution in [2.24, 2.45) is 4.99 Å². The average molecular weight is 411 g/mol. The fraction of sp³-hybridized carbons (Fsp3) is 0.435. The summed E-state index contributed by atoms with van der Waals surface area (Å²) in [6, 6.07) is 6.89. The minimum atomic E-state index is -0.943. The van der Waals surface area contributed by atoms with Gasteiger partial charge in [-0.2, -0.15) is 0 Å². The molecule has 2 aliphatic carbocycles. The molecule has 2 aromatic rings. The van der Waals surface area contributed by atoms with Gasteiger partial charge in [0.1, 0.15) is 5.00 Å². The quantitative estimate of drug-likeness (QED) is 0.670. The largest absolute Gasteiger partial charge is 0.478 e. The Hall–Kier alpha value is -2.47. The second-order valence-electron chi connectivity index (χ2n) is 7.88. The summed E-state index contributed by atoms with van der Waals surface area (Å²) in [5.74, 6) is -0.925. The first-order chi connectivity index (χ1) is 14.1. The fourth-order valence-corrected chi connectivity index (χ4v) is 5.46. The molecule has 1 saturated carbocycles. The van der Waals surface area contributed by atoms with Crippen molar-refractivity contribution in [3.8, 4) is 0 Å². The number of carbonyl (C=O) groups excluding carboxylic acids is 1. The van der Waals surface area contributed by atoms with Crippen molar-refractivity contribution in [1.82, 2.24) is 5.32 Å². The molecule has 2 aliphatic rings. The zero-order valence-electron chi connectivity index (χ0n) is 16.4. The lowest BCUT2D eigenvalue weighted by Gasteiger charge is -2.23. The summed E-state index contributed by atoms with van der Waals surface area (Å²) in [4.78, 5) is 30.1. The summed E-state index contributed by atoms with van der Waals surface area (Å²) >= 11 is 1.63. The van der Waals surface area contributed by atoms with E-state index in [1.165, 1.54) is 29.7 Å². The molecule has 6 heteroatoms. The molecule has 1 aromatic carbocycles. The van der Waals surface area contributed by atoms with E-state index in [1.807, 2.05) is 0 Å². The number of nitrogens with one attached hydrogen (secondary N) is 1. The Kier molecular flexibility index (Phi) is 6.09. The average Bonchev–Trinajstić information content (AvgIpc) is 3.12. The van der Waals surface area contributed by atoms with Crippen molar-refractivity contribution >= 4 is 34.4 Å². The molecule has 0 unspecified atom stereocenters. The van der Waals surface area contributed by atoms with Gasteiger partial charge >= 0.3 is 5.97 Å². The minimum Gasteiger partial charge on any atom is -0.478 e. The first kappa shape index (κ1) is 19.8. The highest BCUT2D eigenvalue weighted by molar-refractivity contribution is 7.16. The first-order valence-corrected chi connectivity index (χ1v) is 11.3. The zero-order chi connectivity index (χ0) is 20.2. The maximum atomic E-state index is 13.2. The van der Waals surface area contributed by atoms with Gasteiger partial charge in [-0.05, 0) is 61.8 Å². The predicted molar refractivity (Wildman–Crippen MR) is 116 cm³/mol. The molecular weight excluding hydrogens is 384 g/mol. The van der Waals surface area contributed by atoms with E-state index in [1.54, 1.807) is 41.8 Å². The van der Waals surface area contributed by atoms with Crippen molar-refractivity contribution < 1.29 is 14.7 Å². The van der Waals surface area contributed by atoms with Crippen LogP contribution in [-0.2, 0) is 12.8 Å². The Morgan fingerprint density at radius 3 is 2.48 bits per heavy atom. The third kappa shape index (κ3) is 4.58. The molecular formula is C23H26N2O3S. The number of amides is 1. The lowest BCUT2D eigenvalue weighted by atomic mass is 9.93. The van der Waals surface area contributed by atoms with E-state index in [2.05, 4.69) is 10.3 Å². The first-order valence-electron chi connectivity index (χ1n) is 10.4. The van der Waals surface area contributed by atoms with Crippen molar-refractivity contribution in [3.05, 3.63) is 51.4 Å². The summed E-state index contributed by atoms with van der Waals surface area (Å²) in [6.07, 6.45) is 11.7. The van der Waals surface area contributed by atoms with Crippen LogP contribution in [0.2, 0.25) is 0 Å². The molecule has 5 nitrogen and oxygen atoms in total. The maximum Gasteiger partial charge on any atom is 0.335 e. The molecule has 0 bridgehead atoms. The van der Waals surface area contributed by atoms with Crippen LogP contribution < -0.4 is 5.32 Å². The van der Waals surface area contributed by atoms with Crippen molar-refractivity contribution in [3.63, 3.8) is 0 Å². The molecule has 1 amide bonds. The van der Waals surface area contributed by atoms with Crippen LogP contribution in [0, 0.1) is 0 Å². The number of carboxylic acid groups (broad SMARTS) is 1. The number of hydrogen-bond donors (Lipinski definition) is 2. The highest BCUT2D eigenvalue weighted by atomic mass is 32.1. The molecule has 0 saturated heterocycles. The summed E-state index contributed by atoms with van der Waals surface area (Å²) in [5.41, 5.74) is 3.01. The number of aliphatic imine (C=N–C) groups is 1. The Labute approximate surface area is 174 Å². The van der Waals surface area contributed by atoms with Gasteiger partial charge in [0.15, 0.2) is 0 Å². The van der Waals surface area contributed by atoms with Crippen LogP contribution in [0.15, 0.2) is 29.3 Å². The summed E-state index contributed by atoms with van der Waals surface area (Å²) in [5, 5.41) is 13.1. The fourth-order valence-electron chi connectivity index (χ4n) is 4.23. The van der Waals surface area contributed by atoms with Gasteiger partial charge in [-0.15, -0.1) is 11.3 Å². The summed E-state index contributed by atoms with van der Waals surface area (Å²) in [7, 11) is 0. The second kappa shape index (κ2) is 8.91. The van der Waals surface area contributed by atoms with Gasteiger partial charge in [0.2, 0.25) is 0 Å². The molecule has 4 rings (SSSR count). The molecule has 1 fully saturated rings. The van der Waals surface area contributed by atoms with E-state index >= 15 is 0 Å². The van der Waals surface area contributed by atoms with Crippen LogP contribution in [0.5, 0.6) is 0 Å². The number of aromatic carboxylic acids is 1. The van der Waals surface area contributed by atoms with E-state index in [-0.39, 0.29) is 17.5 Å². The van der Waals surface area contributed by atoms with Gasteiger partial charge in [0, 0.05) is 17.1 Å². The van der Waals surface area contributed by atoms with Gasteiger partial charge in [0.25, 0.3) is 5.91 Å². The molecule has 152 valence electrons. The molecule has 0 atom stereocenters. The lowest BCUT2D eigenvalue weighted by molar-refractivity contribution is 0.0696. The molecule has 0 spiro atoms. The number of rotatable bonds is 5. The number of aryl methyl sites for hydroxylation is 1. The summed E-state index contributed by atoms with van der Waals surface area (Å²) in [6.45, 7) is 0. The number of fused-ring (bicyclic) bond motifs is 1. The Balaban J connectivity index is 1.59. The SMILES string of the molecule is O=C(O)c1ccc(/C=N/c2sc3c(c2C(=O)NC2CCCCC2)CCCC3)cc1. The number of carboxylic acids is 1. The van der Waals surface area contributed by atoms with Crippen LogP contribution >= 0.6 is 11.3 Å². The Morgan fingerprint density at radius 2 is 1.76 bits per heavy atom. The zero-order valence-corrected chi connectivity index (χ0v) is 17.3. The van der Waals surface area contributed by atoms with E-state index in [9.17, 15) is 9.59 Å². The number of carbonyl (C=O) groups is 2. The van der Waals surface area contributed by atoms with E-state index in [4.69, 9.17) is 5.11 Å². The van der Waals surface area contributed by atoms with Crippen LogP contribution in [-0.4, -0.2) is 29.2 Å². The molecule has 0 radical (unpaired) electrons. The maximum absolute atomic E-state index is 13.2. The number of hydrogen-bond acceptors (Lipinski definition) is 4. The van der Waals surface area contributed by atoms with E-state index in [0.29, 0.717) is 0 Å². The highest BCUT2D eigenvalue weighted by Gasteiger charge is 2.27. The van der Waals surface area contributed by atoms with Crippen LogP contribution in [0.3, 0.4) is 0 Å². The van der Waals surface area contributed by atoms with Crippen LogP contribution in [0.4, 0.5) is 5.00 Å². The lowest BCUT2D eigenvalue weighted by Crippen LogP contribution is -2.36. The smallest absolute Gasteiger partial charge is 0.335 e. The Morgan fingerprint density at radius 1 is 1.03 bits per heavy atom. The number of benzene rings is 1. The van der Waals surface area contributed by atoms with Crippen molar-refractivity contribution in [1.29, 1.82) is 0 Å². The van der Waals surface area contributed by atoms with Gasteiger partial charge in [-0.25, -0.2) is 9.79 Å². The standard InChI is InChI=1S/C23H26N2O3S/c26-21(25-17-6-2-1-3-7-17)20-18-8-4-5-9-19(18)29-22(20)24-14-15-10-12-16(13-11-15)23(27)28/h10-14,17H,1-9H2,(H,25,26)(H,27,28)/b24-14+. The molecule has 1 heterocycles. The molecule has 1 aromatic heterocycles. The third-order valence-electron chi connectivity index (χ3n) is 5.81.